The number of amides is 1. The highest BCUT2D eigenvalue weighted by Crippen LogP contribution is 2.29. The van der Waals surface area contributed by atoms with E-state index < -0.39 is 15.9 Å². The van der Waals surface area contributed by atoms with Crippen molar-refractivity contribution in [2.24, 2.45) is 0 Å². The number of halogens is 2. The number of aromatic amines is 1. The lowest BCUT2D eigenvalue weighted by Gasteiger charge is -2.09. The van der Waals surface area contributed by atoms with Gasteiger partial charge in [-0.25, -0.2) is 13.1 Å². The van der Waals surface area contributed by atoms with E-state index in [4.69, 9.17) is 23.2 Å². The van der Waals surface area contributed by atoms with Gasteiger partial charge in [0.1, 0.15) is 0 Å². The summed E-state index contributed by atoms with van der Waals surface area (Å²) in [5.74, 6) is -0.692. The second kappa shape index (κ2) is 8.62. The fraction of sp³-hybridized carbons (Fsp3) is 0.125. The molecule has 1 aromatic heterocycles. The van der Waals surface area contributed by atoms with E-state index >= 15 is 0 Å². The molecule has 4 rings (SSSR count). The molecule has 0 aliphatic carbocycles. The molecule has 0 fully saturated rings. The first-order chi connectivity index (χ1) is 15.1. The summed E-state index contributed by atoms with van der Waals surface area (Å²) < 4.78 is 27.5. The van der Waals surface area contributed by atoms with E-state index in [-0.39, 0.29) is 10.5 Å². The van der Waals surface area contributed by atoms with E-state index in [1.165, 1.54) is 12.1 Å². The molecule has 32 heavy (non-hydrogen) atoms. The summed E-state index contributed by atoms with van der Waals surface area (Å²) >= 11 is 12.4. The average molecular weight is 487 g/mol. The first kappa shape index (κ1) is 22.4. The molecule has 0 radical (unpaired) electrons. The number of benzene rings is 3. The molecule has 5 nitrogen and oxygen atoms in total. The van der Waals surface area contributed by atoms with Crippen LogP contribution >= 0.6 is 23.2 Å². The van der Waals surface area contributed by atoms with E-state index in [2.05, 4.69) is 9.71 Å². The molecule has 0 saturated heterocycles. The van der Waals surface area contributed by atoms with Crippen molar-refractivity contribution in [3.63, 3.8) is 0 Å². The molecule has 164 valence electrons. The fourth-order valence-electron chi connectivity index (χ4n) is 3.63. The van der Waals surface area contributed by atoms with Crippen molar-refractivity contribution in [1.29, 1.82) is 0 Å². The number of sulfonamides is 1. The first-order valence-corrected chi connectivity index (χ1v) is 12.1. The van der Waals surface area contributed by atoms with Gasteiger partial charge in [0.25, 0.3) is 15.9 Å². The Balaban J connectivity index is 1.67. The lowest BCUT2D eigenvalue weighted by Crippen LogP contribution is -2.30. The Morgan fingerprint density at radius 3 is 2.50 bits per heavy atom. The molecule has 0 spiro atoms. The highest BCUT2D eigenvalue weighted by atomic mass is 35.5. The van der Waals surface area contributed by atoms with Gasteiger partial charge in [-0.15, -0.1) is 0 Å². The Bertz CT molecular complexity index is 1460. The molecule has 1 heterocycles. The SMILES string of the molecule is Cc1cccc(S(=O)(=O)NC(=O)c2ccc3[nH]c(C)c(Cc4ccc(Cl)cc4Cl)c3c2)c1. The van der Waals surface area contributed by atoms with Gasteiger partial charge in [0.15, 0.2) is 0 Å². The summed E-state index contributed by atoms with van der Waals surface area (Å²) in [5, 5.41) is 1.95. The maximum atomic E-state index is 12.8. The van der Waals surface area contributed by atoms with Crippen LogP contribution in [0.3, 0.4) is 0 Å². The number of fused-ring (bicyclic) bond motifs is 1. The maximum absolute atomic E-state index is 12.8. The van der Waals surface area contributed by atoms with Crippen molar-refractivity contribution in [2.75, 3.05) is 0 Å². The number of H-pyrrole nitrogens is 1. The van der Waals surface area contributed by atoms with E-state index in [0.29, 0.717) is 16.5 Å². The molecule has 0 unspecified atom stereocenters. The van der Waals surface area contributed by atoms with Crippen molar-refractivity contribution in [2.45, 2.75) is 25.2 Å². The van der Waals surface area contributed by atoms with E-state index in [9.17, 15) is 13.2 Å². The lowest BCUT2D eigenvalue weighted by atomic mass is 10.0. The molecule has 3 aromatic carbocycles. The van der Waals surface area contributed by atoms with Crippen molar-refractivity contribution < 1.29 is 13.2 Å². The number of nitrogens with one attached hydrogen (secondary N) is 2. The van der Waals surface area contributed by atoms with Gasteiger partial charge in [0.2, 0.25) is 0 Å². The van der Waals surface area contributed by atoms with E-state index in [1.807, 2.05) is 13.0 Å². The van der Waals surface area contributed by atoms with E-state index in [0.717, 1.165) is 33.3 Å². The summed E-state index contributed by atoms with van der Waals surface area (Å²) in [6.45, 7) is 3.73. The average Bonchev–Trinajstić information content (AvgIpc) is 3.04. The molecule has 0 bridgehead atoms. The quantitative estimate of drug-likeness (QED) is 0.374. The lowest BCUT2D eigenvalue weighted by molar-refractivity contribution is 0.0981. The predicted octanol–water partition coefficient (Wildman–Crippen LogP) is 5.80. The van der Waals surface area contributed by atoms with Gasteiger partial charge < -0.3 is 4.98 Å². The summed E-state index contributed by atoms with van der Waals surface area (Å²) in [7, 11) is -3.98. The fourth-order valence-corrected chi connectivity index (χ4v) is 5.18. The summed E-state index contributed by atoms with van der Waals surface area (Å²) in [6, 6.07) is 16.8. The Kier molecular flexibility index (Phi) is 6.03. The molecule has 0 aliphatic heterocycles. The van der Waals surface area contributed by atoms with Crippen molar-refractivity contribution >= 4 is 50.0 Å². The molecule has 0 atom stereocenters. The van der Waals surface area contributed by atoms with Gasteiger partial charge in [-0.2, -0.15) is 0 Å². The number of aromatic nitrogens is 1. The second-order valence-electron chi connectivity index (χ2n) is 7.65. The van der Waals surface area contributed by atoms with Gasteiger partial charge in [0, 0.05) is 38.6 Å². The number of hydrogen-bond acceptors (Lipinski definition) is 3. The topological polar surface area (TPSA) is 79.0 Å². The van der Waals surface area contributed by atoms with Gasteiger partial charge in [-0.1, -0.05) is 41.4 Å². The smallest absolute Gasteiger partial charge is 0.265 e. The standard InChI is InChI=1S/C24H20Cl2N2O3S/c1-14-4-3-5-19(10-14)32(30,31)28-24(29)17-7-9-23-21(12-17)20(15(2)27-23)11-16-6-8-18(25)13-22(16)26/h3-10,12-13,27H,11H2,1-2H3,(H,28,29). The number of carbonyl (C=O) groups excluding carboxylic acids is 1. The third-order valence-corrected chi connectivity index (χ3v) is 7.21. The molecule has 8 heteroatoms. The van der Waals surface area contributed by atoms with Gasteiger partial charge in [-0.3, -0.25) is 4.79 Å². The van der Waals surface area contributed by atoms with Gasteiger partial charge in [0.05, 0.1) is 4.90 Å². The third-order valence-electron chi connectivity index (χ3n) is 5.29. The molecule has 0 aliphatic rings. The van der Waals surface area contributed by atoms with Crippen LogP contribution in [0.5, 0.6) is 0 Å². The molecule has 0 saturated carbocycles. The zero-order valence-electron chi connectivity index (χ0n) is 17.4. The Hall–Kier alpha value is -2.80. The van der Waals surface area contributed by atoms with Crippen LogP contribution in [0, 0.1) is 13.8 Å². The van der Waals surface area contributed by atoms with Crippen LogP contribution in [-0.2, 0) is 16.4 Å². The minimum Gasteiger partial charge on any atom is -0.358 e. The molecule has 4 aromatic rings. The summed E-state index contributed by atoms with van der Waals surface area (Å²) in [5.41, 5.74) is 4.69. The van der Waals surface area contributed by atoms with E-state index in [1.54, 1.807) is 49.4 Å². The Morgan fingerprint density at radius 1 is 1.00 bits per heavy atom. The second-order valence-corrected chi connectivity index (χ2v) is 10.2. The molecular weight excluding hydrogens is 467 g/mol. The minimum atomic E-state index is -3.98. The monoisotopic (exact) mass is 486 g/mol. The highest BCUT2D eigenvalue weighted by Gasteiger charge is 2.20. The van der Waals surface area contributed by atoms with Crippen LogP contribution in [0.1, 0.15) is 32.7 Å². The van der Waals surface area contributed by atoms with Crippen LogP contribution < -0.4 is 4.72 Å². The molecule has 2 N–H and O–H groups in total. The summed E-state index contributed by atoms with van der Waals surface area (Å²) in [6.07, 6.45) is 0.536. The van der Waals surface area contributed by atoms with Crippen molar-refractivity contribution in [3.8, 4) is 0 Å². The Labute approximate surface area is 196 Å². The van der Waals surface area contributed by atoms with Gasteiger partial charge in [-0.05, 0) is 73.0 Å². The zero-order valence-corrected chi connectivity index (χ0v) is 19.7. The van der Waals surface area contributed by atoms with Crippen LogP contribution in [0.2, 0.25) is 10.0 Å². The largest absolute Gasteiger partial charge is 0.358 e. The number of aryl methyl sites for hydroxylation is 2. The summed E-state index contributed by atoms with van der Waals surface area (Å²) in [4.78, 5) is 16.1. The van der Waals surface area contributed by atoms with Crippen LogP contribution in [0.25, 0.3) is 10.9 Å². The highest BCUT2D eigenvalue weighted by molar-refractivity contribution is 7.90. The zero-order chi connectivity index (χ0) is 23.0. The van der Waals surface area contributed by atoms with Gasteiger partial charge >= 0.3 is 0 Å². The third kappa shape index (κ3) is 4.53. The Morgan fingerprint density at radius 2 is 1.78 bits per heavy atom. The van der Waals surface area contributed by atoms with Crippen LogP contribution in [0.15, 0.2) is 65.6 Å². The molecule has 1 amide bonds. The maximum Gasteiger partial charge on any atom is 0.265 e. The first-order valence-electron chi connectivity index (χ1n) is 9.83. The number of rotatable bonds is 5. The minimum absolute atomic E-state index is 0.0440. The van der Waals surface area contributed by atoms with Crippen molar-refractivity contribution in [1.82, 2.24) is 9.71 Å². The normalized spacial score (nSPS) is 11.6. The number of carbonyl (C=O) groups is 1. The van der Waals surface area contributed by atoms with Crippen LogP contribution in [-0.4, -0.2) is 19.3 Å². The predicted molar refractivity (Wildman–Crippen MR) is 128 cm³/mol. The van der Waals surface area contributed by atoms with Crippen LogP contribution in [0.4, 0.5) is 0 Å². The molecular formula is C24H20Cl2N2O3S. The number of hydrogen-bond donors (Lipinski definition) is 2. The van der Waals surface area contributed by atoms with Crippen molar-refractivity contribution in [3.05, 3.63) is 98.7 Å².